The number of aryl methyl sites for hydroxylation is 2. The van der Waals surface area contributed by atoms with E-state index in [1.807, 2.05) is 32.4 Å². The first-order chi connectivity index (χ1) is 12.4. The third kappa shape index (κ3) is 3.53. The van der Waals surface area contributed by atoms with Crippen molar-refractivity contribution in [1.29, 1.82) is 0 Å². The first kappa shape index (κ1) is 18.3. The fourth-order valence-electron chi connectivity index (χ4n) is 2.80. The minimum atomic E-state index is -0.258. The molecule has 3 rings (SSSR count). The number of furan rings is 1. The van der Waals surface area contributed by atoms with Gasteiger partial charge >= 0.3 is 0 Å². The molecule has 0 fully saturated rings. The van der Waals surface area contributed by atoms with E-state index in [-0.39, 0.29) is 11.7 Å². The summed E-state index contributed by atoms with van der Waals surface area (Å²) in [6, 6.07) is 3.44. The molecule has 0 atom stereocenters. The summed E-state index contributed by atoms with van der Waals surface area (Å²) in [5.41, 5.74) is 3.69. The van der Waals surface area contributed by atoms with Crippen molar-refractivity contribution < 1.29 is 9.21 Å². The van der Waals surface area contributed by atoms with Gasteiger partial charge in [0.05, 0.1) is 29.2 Å². The van der Waals surface area contributed by atoms with E-state index in [1.165, 1.54) is 0 Å². The molecule has 0 aliphatic rings. The molecule has 0 saturated carbocycles. The number of nitrogens with one attached hydrogen (secondary N) is 1. The summed E-state index contributed by atoms with van der Waals surface area (Å²) in [5.74, 6) is 0.659. The maximum absolute atomic E-state index is 12.3. The van der Waals surface area contributed by atoms with Crippen molar-refractivity contribution in [2.45, 2.75) is 47.3 Å². The normalized spacial score (nSPS) is 11.1. The van der Waals surface area contributed by atoms with Gasteiger partial charge in [-0.3, -0.25) is 14.2 Å². The molecule has 0 aromatic carbocycles. The molecule has 138 valence electrons. The molecule has 8 heteroatoms. The molecule has 1 amide bonds. The molecule has 3 aromatic rings. The lowest BCUT2D eigenvalue weighted by Crippen LogP contribution is -2.22. The maximum Gasteiger partial charge on any atom is 0.287 e. The minimum Gasteiger partial charge on any atom is -0.454 e. The predicted octanol–water partition coefficient (Wildman–Crippen LogP) is 3.25. The zero-order valence-corrected chi connectivity index (χ0v) is 16.1. The van der Waals surface area contributed by atoms with Gasteiger partial charge in [0, 0.05) is 24.3 Å². The highest BCUT2D eigenvalue weighted by Crippen LogP contribution is 2.20. The smallest absolute Gasteiger partial charge is 0.287 e. The van der Waals surface area contributed by atoms with Gasteiger partial charge in [-0.1, -0.05) is 11.6 Å². The van der Waals surface area contributed by atoms with Crippen LogP contribution in [-0.4, -0.2) is 25.5 Å². The molecule has 0 bridgehead atoms. The van der Waals surface area contributed by atoms with Gasteiger partial charge in [0.2, 0.25) is 0 Å². The standard InChI is InChI=1S/C18H22ClN5O2/c1-5-23-12(3)14(9-21-23)8-20-18(25)16-7-6-15(26-16)10-24-13(4)17(19)11(2)22-24/h6-7,9H,5,8,10H2,1-4H3,(H,20,25). The monoisotopic (exact) mass is 375 g/mol. The molecular formula is C18H22ClN5O2. The summed E-state index contributed by atoms with van der Waals surface area (Å²) in [6.45, 7) is 9.42. The Hall–Kier alpha value is -2.54. The van der Waals surface area contributed by atoms with Crippen molar-refractivity contribution in [3.63, 3.8) is 0 Å². The Morgan fingerprint density at radius 3 is 2.62 bits per heavy atom. The molecule has 3 heterocycles. The fraction of sp³-hybridized carbons (Fsp3) is 0.389. The Morgan fingerprint density at radius 1 is 1.23 bits per heavy atom. The van der Waals surface area contributed by atoms with Crippen LogP contribution in [0.25, 0.3) is 0 Å². The lowest BCUT2D eigenvalue weighted by molar-refractivity contribution is 0.0921. The minimum absolute atomic E-state index is 0.258. The SMILES string of the molecule is CCn1ncc(CNC(=O)c2ccc(Cn3nc(C)c(Cl)c3C)o2)c1C. The zero-order valence-electron chi connectivity index (χ0n) is 15.3. The van der Waals surface area contributed by atoms with Crippen molar-refractivity contribution in [3.05, 3.63) is 57.5 Å². The lowest BCUT2D eigenvalue weighted by atomic mass is 10.2. The molecule has 3 aromatic heterocycles. The molecule has 26 heavy (non-hydrogen) atoms. The van der Waals surface area contributed by atoms with Crippen LogP contribution in [0.4, 0.5) is 0 Å². The second-order valence-corrected chi connectivity index (χ2v) is 6.54. The number of nitrogens with zero attached hydrogens (tertiary/aromatic N) is 4. The zero-order chi connectivity index (χ0) is 18.8. The van der Waals surface area contributed by atoms with Crippen LogP contribution in [0.3, 0.4) is 0 Å². The molecular weight excluding hydrogens is 354 g/mol. The van der Waals surface area contributed by atoms with Gasteiger partial charge in [-0.15, -0.1) is 0 Å². The average Bonchev–Trinajstić information content (AvgIpc) is 3.29. The van der Waals surface area contributed by atoms with Gasteiger partial charge in [-0.25, -0.2) is 0 Å². The van der Waals surface area contributed by atoms with E-state index in [0.29, 0.717) is 23.9 Å². The van der Waals surface area contributed by atoms with Crippen molar-refractivity contribution >= 4 is 17.5 Å². The summed E-state index contributed by atoms with van der Waals surface area (Å²) in [6.07, 6.45) is 1.78. The Morgan fingerprint density at radius 2 is 2.00 bits per heavy atom. The number of carbonyl (C=O) groups is 1. The first-order valence-electron chi connectivity index (χ1n) is 8.48. The van der Waals surface area contributed by atoms with E-state index in [2.05, 4.69) is 15.5 Å². The van der Waals surface area contributed by atoms with Crippen LogP contribution >= 0.6 is 11.6 Å². The van der Waals surface area contributed by atoms with Crippen LogP contribution in [0.2, 0.25) is 5.02 Å². The highest BCUT2D eigenvalue weighted by atomic mass is 35.5. The number of aromatic nitrogens is 4. The summed E-state index contributed by atoms with van der Waals surface area (Å²) in [5, 5.41) is 12.2. The lowest BCUT2D eigenvalue weighted by Gasteiger charge is -2.04. The molecule has 0 aliphatic carbocycles. The number of amides is 1. The summed E-state index contributed by atoms with van der Waals surface area (Å²) >= 11 is 6.16. The highest BCUT2D eigenvalue weighted by Gasteiger charge is 2.15. The number of halogens is 1. The van der Waals surface area contributed by atoms with Crippen molar-refractivity contribution in [2.75, 3.05) is 0 Å². The number of rotatable bonds is 6. The second-order valence-electron chi connectivity index (χ2n) is 6.16. The van der Waals surface area contributed by atoms with Crippen molar-refractivity contribution in [2.24, 2.45) is 0 Å². The van der Waals surface area contributed by atoms with E-state index in [9.17, 15) is 4.79 Å². The van der Waals surface area contributed by atoms with Crippen molar-refractivity contribution in [3.8, 4) is 0 Å². The largest absolute Gasteiger partial charge is 0.454 e. The average molecular weight is 376 g/mol. The third-order valence-electron chi connectivity index (χ3n) is 4.43. The van der Waals surface area contributed by atoms with Gasteiger partial charge in [-0.2, -0.15) is 10.2 Å². The van der Waals surface area contributed by atoms with Gasteiger partial charge < -0.3 is 9.73 Å². The van der Waals surface area contributed by atoms with Gasteiger partial charge in [0.1, 0.15) is 5.76 Å². The summed E-state index contributed by atoms with van der Waals surface area (Å²) in [7, 11) is 0. The maximum atomic E-state index is 12.3. The fourth-order valence-corrected chi connectivity index (χ4v) is 2.94. The third-order valence-corrected chi connectivity index (χ3v) is 4.98. The number of carbonyl (C=O) groups excluding carboxylic acids is 1. The first-order valence-corrected chi connectivity index (χ1v) is 8.86. The summed E-state index contributed by atoms with van der Waals surface area (Å²) < 4.78 is 9.32. The van der Waals surface area contributed by atoms with Crippen LogP contribution in [0, 0.1) is 20.8 Å². The second kappa shape index (κ2) is 7.37. The molecule has 0 spiro atoms. The van der Waals surface area contributed by atoms with E-state index in [1.54, 1.807) is 23.0 Å². The van der Waals surface area contributed by atoms with Crippen molar-refractivity contribution in [1.82, 2.24) is 24.9 Å². The van der Waals surface area contributed by atoms with Crippen LogP contribution in [0.5, 0.6) is 0 Å². The molecule has 7 nitrogen and oxygen atoms in total. The predicted molar refractivity (Wildman–Crippen MR) is 98.3 cm³/mol. The van der Waals surface area contributed by atoms with Crippen LogP contribution < -0.4 is 5.32 Å². The Bertz CT molecular complexity index is 938. The van der Waals surface area contributed by atoms with E-state index in [4.69, 9.17) is 16.0 Å². The van der Waals surface area contributed by atoms with Crippen LogP contribution in [-0.2, 0) is 19.6 Å². The van der Waals surface area contributed by atoms with Gasteiger partial charge in [0.15, 0.2) is 5.76 Å². The number of hydrogen-bond donors (Lipinski definition) is 1. The van der Waals surface area contributed by atoms with Gasteiger partial charge in [-0.05, 0) is 39.8 Å². The molecule has 0 saturated heterocycles. The summed E-state index contributed by atoms with van der Waals surface area (Å²) in [4.78, 5) is 12.3. The van der Waals surface area contributed by atoms with Crippen LogP contribution in [0.1, 0.15) is 45.9 Å². The van der Waals surface area contributed by atoms with E-state index < -0.39 is 0 Å². The topological polar surface area (TPSA) is 77.9 Å². The number of hydrogen-bond acceptors (Lipinski definition) is 4. The van der Waals surface area contributed by atoms with E-state index >= 15 is 0 Å². The Balaban J connectivity index is 1.64. The molecule has 0 aliphatic heterocycles. The van der Waals surface area contributed by atoms with Gasteiger partial charge in [0.25, 0.3) is 5.91 Å². The van der Waals surface area contributed by atoms with Crippen LogP contribution in [0.15, 0.2) is 22.7 Å². The Labute approximate surface area is 156 Å². The highest BCUT2D eigenvalue weighted by molar-refractivity contribution is 6.31. The molecule has 1 N–H and O–H groups in total. The van der Waals surface area contributed by atoms with E-state index in [0.717, 1.165) is 29.2 Å². The molecule has 0 unspecified atom stereocenters. The quantitative estimate of drug-likeness (QED) is 0.717. The molecule has 0 radical (unpaired) electrons. The Kier molecular flexibility index (Phi) is 5.18.